The lowest BCUT2D eigenvalue weighted by molar-refractivity contribution is -0.376. The maximum Gasteiger partial charge on any atom is 0.430 e. The molecule has 100 valence electrons. The minimum absolute atomic E-state index is 0.292. The predicted molar refractivity (Wildman–Crippen MR) is 55.6 cm³/mol. The zero-order valence-corrected chi connectivity index (χ0v) is 9.58. The molecule has 18 heavy (non-hydrogen) atoms. The van der Waals surface area contributed by atoms with Crippen molar-refractivity contribution in [3.63, 3.8) is 0 Å². The summed E-state index contributed by atoms with van der Waals surface area (Å²) in [6.07, 6.45) is -11.8. The van der Waals surface area contributed by atoms with Gasteiger partial charge in [0, 0.05) is 10.6 Å². The van der Waals surface area contributed by atoms with Gasteiger partial charge in [-0.25, -0.2) is 0 Å². The quantitative estimate of drug-likeness (QED) is 0.619. The predicted octanol–water partition coefficient (Wildman–Crippen LogP) is 1.91. The van der Waals surface area contributed by atoms with E-state index in [0.29, 0.717) is 17.6 Å². The number of rotatable bonds is 1. The Kier molecular flexibility index (Phi) is 3.66. The molecule has 1 N–H and O–H groups in total. The highest BCUT2D eigenvalue weighted by Gasteiger charge is 2.71. The molecule has 0 radical (unpaired) electrons. The van der Waals surface area contributed by atoms with E-state index in [4.69, 9.17) is 16.7 Å². The third kappa shape index (κ3) is 2.31. The van der Waals surface area contributed by atoms with Crippen LogP contribution in [-0.2, 0) is 5.60 Å². The van der Waals surface area contributed by atoms with Crippen LogP contribution in [0.5, 0.6) is 0 Å². The summed E-state index contributed by atoms with van der Waals surface area (Å²) >= 11 is 5.47. The molecule has 0 atom stereocenters. The molecular weight excluding hydrogens is 284 g/mol. The first-order valence-electron chi connectivity index (χ1n) is 4.53. The Morgan fingerprint density at radius 1 is 1.00 bits per heavy atom. The Labute approximate surface area is 104 Å². The number of halogens is 7. The number of hydrogen-bond acceptors (Lipinski definition) is 1. The summed E-state index contributed by atoms with van der Waals surface area (Å²) in [6.45, 7) is 0. The van der Waals surface area contributed by atoms with Gasteiger partial charge in [-0.15, -0.1) is 0 Å². The van der Waals surface area contributed by atoms with Gasteiger partial charge in [0.25, 0.3) is 5.60 Å². The standard InChI is InChI=1S/C9H6BClF6O/c10-5-2-1-4(3-6(5)11)7(18,8(12,13)14)9(15,16)17/h1-3,18H,10H2. The average molecular weight is 290 g/mol. The third-order valence-corrected chi connectivity index (χ3v) is 2.82. The Bertz CT molecular complexity index is 441. The van der Waals surface area contributed by atoms with Crippen LogP contribution >= 0.6 is 11.6 Å². The van der Waals surface area contributed by atoms with Crippen molar-refractivity contribution < 1.29 is 31.4 Å². The first-order valence-corrected chi connectivity index (χ1v) is 4.91. The molecule has 0 spiro atoms. The van der Waals surface area contributed by atoms with Crippen LogP contribution in [0.2, 0.25) is 5.02 Å². The zero-order chi connectivity index (χ0) is 14.4. The SMILES string of the molecule is Bc1ccc(C(O)(C(F)(F)F)C(F)(F)F)cc1Cl. The summed E-state index contributed by atoms with van der Waals surface area (Å²) in [6, 6.07) is 1.97. The highest BCUT2D eigenvalue weighted by Crippen LogP contribution is 2.50. The fourth-order valence-electron chi connectivity index (χ4n) is 1.31. The molecule has 1 aromatic rings. The molecule has 1 aromatic carbocycles. The van der Waals surface area contributed by atoms with Crippen LogP contribution in [0, 0.1) is 0 Å². The van der Waals surface area contributed by atoms with Crippen molar-refractivity contribution in [2.75, 3.05) is 0 Å². The number of aliphatic hydroxyl groups is 1. The molecule has 0 aliphatic rings. The summed E-state index contributed by atoms with van der Waals surface area (Å²) in [4.78, 5) is 0. The van der Waals surface area contributed by atoms with Crippen LogP contribution in [0.25, 0.3) is 0 Å². The molecule has 0 bridgehead atoms. The molecule has 0 fully saturated rings. The number of hydrogen-bond donors (Lipinski definition) is 1. The lowest BCUT2D eigenvalue weighted by Gasteiger charge is -2.32. The fourth-order valence-corrected chi connectivity index (χ4v) is 1.49. The van der Waals surface area contributed by atoms with Crippen LogP contribution < -0.4 is 5.46 Å². The van der Waals surface area contributed by atoms with E-state index in [0.717, 1.165) is 6.07 Å². The van der Waals surface area contributed by atoms with Crippen LogP contribution in [-0.4, -0.2) is 25.3 Å². The summed E-state index contributed by atoms with van der Waals surface area (Å²) in [5.41, 5.74) is -6.00. The lowest BCUT2D eigenvalue weighted by atomic mass is 9.88. The van der Waals surface area contributed by atoms with Gasteiger partial charge in [0.05, 0.1) is 0 Å². The maximum atomic E-state index is 12.5. The third-order valence-electron chi connectivity index (χ3n) is 2.41. The average Bonchev–Trinajstić information content (AvgIpc) is 2.17. The van der Waals surface area contributed by atoms with E-state index in [1.54, 1.807) is 0 Å². The normalized spacial score (nSPS) is 13.8. The van der Waals surface area contributed by atoms with Crippen molar-refractivity contribution in [3.05, 3.63) is 28.8 Å². The van der Waals surface area contributed by atoms with Crippen molar-refractivity contribution in [1.82, 2.24) is 0 Å². The second-order valence-corrected chi connectivity index (χ2v) is 4.08. The molecule has 9 heteroatoms. The zero-order valence-electron chi connectivity index (χ0n) is 8.83. The molecule has 0 saturated heterocycles. The van der Waals surface area contributed by atoms with E-state index in [-0.39, 0.29) is 5.02 Å². The van der Waals surface area contributed by atoms with Crippen molar-refractivity contribution in [2.45, 2.75) is 18.0 Å². The molecule has 1 nitrogen and oxygen atoms in total. The molecule has 0 aliphatic carbocycles. The largest absolute Gasteiger partial charge is 0.430 e. The minimum Gasteiger partial charge on any atom is -0.369 e. The number of alkyl halides is 6. The van der Waals surface area contributed by atoms with Gasteiger partial charge >= 0.3 is 12.4 Å². The summed E-state index contributed by atoms with van der Waals surface area (Å²) in [7, 11) is 1.41. The molecule has 0 aromatic heterocycles. The fraction of sp³-hybridized carbons (Fsp3) is 0.333. The van der Waals surface area contributed by atoms with E-state index in [1.165, 1.54) is 7.85 Å². The van der Waals surface area contributed by atoms with E-state index in [1.807, 2.05) is 0 Å². The van der Waals surface area contributed by atoms with Crippen molar-refractivity contribution in [1.29, 1.82) is 0 Å². The van der Waals surface area contributed by atoms with Crippen LogP contribution in [0.1, 0.15) is 5.56 Å². The van der Waals surface area contributed by atoms with Crippen LogP contribution in [0.4, 0.5) is 26.3 Å². The second kappa shape index (κ2) is 4.34. The van der Waals surface area contributed by atoms with E-state index < -0.39 is 23.5 Å². The van der Waals surface area contributed by atoms with Gasteiger partial charge < -0.3 is 5.11 Å². The molecule has 0 heterocycles. The smallest absolute Gasteiger partial charge is 0.369 e. The Morgan fingerprint density at radius 3 is 1.78 bits per heavy atom. The highest BCUT2D eigenvalue weighted by molar-refractivity contribution is 6.45. The molecule has 0 aliphatic heterocycles. The summed E-state index contributed by atoms with van der Waals surface area (Å²) < 4.78 is 75.0. The summed E-state index contributed by atoms with van der Waals surface area (Å²) in [5, 5.41) is 8.77. The summed E-state index contributed by atoms with van der Waals surface area (Å²) in [5.74, 6) is 0. The Balaban J connectivity index is 3.51. The molecule has 0 amide bonds. The van der Waals surface area contributed by atoms with Gasteiger partial charge in [0.2, 0.25) is 0 Å². The van der Waals surface area contributed by atoms with Crippen LogP contribution in [0.15, 0.2) is 18.2 Å². The van der Waals surface area contributed by atoms with Gasteiger partial charge in [-0.3, -0.25) is 0 Å². The van der Waals surface area contributed by atoms with Gasteiger partial charge in [0.15, 0.2) is 0 Å². The monoisotopic (exact) mass is 290 g/mol. The molecular formula is C9H6BClF6O. The Hall–Kier alpha value is -0.885. The highest BCUT2D eigenvalue weighted by atomic mass is 35.5. The molecule has 1 rings (SSSR count). The maximum absolute atomic E-state index is 12.5. The van der Waals surface area contributed by atoms with Gasteiger partial charge in [0.1, 0.15) is 7.85 Å². The van der Waals surface area contributed by atoms with E-state index in [9.17, 15) is 26.3 Å². The van der Waals surface area contributed by atoms with E-state index in [2.05, 4.69) is 0 Å². The van der Waals surface area contributed by atoms with Gasteiger partial charge in [-0.2, -0.15) is 26.3 Å². The topological polar surface area (TPSA) is 20.2 Å². The Morgan fingerprint density at radius 2 is 1.44 bits per heavy atom. The first kappa shape index (κ1) is 15.2. The van der Waals surface area contributed by atoms with Gasteiger partial charge in [-0.05, 0) is 6.07 Å². The van der Waals surface area contributed by atoms with Crippen molar-refractivity contribution in [3.8, 4) is 0 Å². The molecule has 0 saturated carbocycles. The van der Waals surface area contributed by atoms with Crippen molar-refractivity contribution >= 4 is 24.9 Å². The first-order chi connectivity index (χ1) is 7.91. The second-order valence-electron chi connectivity index (χ2n) is 3.67. The van der Waals surface area contributed by atoms with E-state index >= 15 is 0 Å². The molecule has 0 unspecified atom stereocenters. The van der Waals surface area contributed by atoms with Gasteiger partial charge in [-0.1, -0.05) is 29.2 Å². The minimum atomic E-state index is -5.90. The van der Waals surface area contributed by atoms with Crippen molar-refractivity contribution in [2.24, 2.45) is 0 Å². The lowest BCUT2D eigenvalue weighted by Crippen LogP contribution is -2.54. The van der Waals surface area contributed by atoms with Crippen LogP contribution in [0.3, 0.4) is 0 Å². The number of benzene rings is 1.